The van der Waals surface area contributed by atoms with Gasteiger partial charge in [0.25, 0.3) is 18.2 Å². The van der Waals surface area contributed by atoms with Crippen molar-refractivity contribution >= 4 is 29.1 Å². The average Bonchev–Trinajstić information content (AvgIpc) is 2.66. The van der Waals surface area contributed by atoms with Crippen LogP contribution in [0, 0.1) is 5.92 Å². The van der Waals surface area contributed by atoms with Crippen molar-refractivity contribution in [2.45, 2.75) is 32.5 Å². The van der Waals surface area contributed by atoms with E-state index in [-0.39, 0.29) is 37.9 Å². The predicted molar refractivity (Wildman–Crippen MR) is 109 cm³/mol. The summed E-state index contributed by atoms with van der Waals surface area (Å²) < 4.78 is 72.1. The highest BCUT2D eigenvalue weighted by atomic mass is 19.4. The normalized spacial score (nSPS) is 15.9. The quantitative estimate of drug-likeness (QED) is 0.416. The zero-order valence-corrected chi connectivity index (χ0v) is 18.0. The number of halogens is 5. The third kappa shape index (κ3) is 7.09. The van der Waals surface area contributed by atoms with Gasteiger partial charge in [-0.3, -0.25) is 19.3 Å². The maximum atomic E-state index is 13.7. The highest BCUT2D eigenvalue weighted by Crippen LogP contribution is 2.37. The fraction of sp³-hybridized carbons (Fsp3) is 0.550. The molecule has 1 fully saturated rings. The van der Waals surface area contributed by atoms with Crippen LogP contribution in [-0.4, -0.2) is 67.9 Å². The standard InChI is InChI=1S/C20H25F5N4O4/c1-11(2)8-28(9-15(21)22)17(18(26)31)19(32)27-14-4-3-12(7-13(14)20(23,24)25)29-5-6-33-10-16(29)30/h3-4,7,11,15,17H,5-6,8-10H2,1-2H3,(H2,26,31)(H,27,32)/t17-/m0/s1. The van der Waals surface area contributed by atoms with Crippen LogP contribution in [-0.2, 0) is 25.3 Å². The van der Waals surface area contributed by atoms with Gasteiger partial charge >= 0.3 is 6.18 Å². The van der Waals surface area contributed by atoms with E-state index in [0.29, 0.717) is 6.07 Å². The first-order chi connectivity index (χ1) is 15.3. The van der Waals surface area contributed by atoms with E-state index >= 15 is 0 Å². The fourth-order valence-corrected chi connectivity index (χ4v) is 3.44. The number of anilines is 2. The zero-order chi connectivity index (χ0) is 24.9. The van der Waals surface area contributed by atoms with E-state index in [1.165, 1.54) is 6.07 Å². The van der Waals surface area contributed by atoms with Crippen LogP contribution < -0.4 is 16.0 Å². The van der Waals surface area contributed by atoms with Gasteiger partial charge in [0.15, 0.2) is 6.04 Å². The van der Waals surface area contributed by atoms with E-state index in [1.54, 1.807) is 13.8 Å². The molecule has 2 rings (SSSR count). The first-order valence-electron chi connectivity index (χ1n) is 10.0. The SMILES string of the molecule is CC(C)CN(CC(F)F)[C@@H](C(N)=O)C(=O)Nc1ccc(N2CCOCC2=O)cc1C(F)(F)F. The highest BCUT2D eigenvalue weighted by molar-refractivity contribution is 6.10. The minimum Gasteiger partial charge on any atom is -0.370 e. The van der Waals surface area contributed by atoms with Gasteiger partial charge in [0.05, 0.1) is 24.4 Å². The molecule has 8 nitrogen and oxygen atoms in total. The minimum absolute atomic E-state index is 0.0450. The highest BCUT2D eigenvalue weighted by Gasteiger charge is 2.38. The molecule has 13 heteroatoms. The molecule has 0 radical (unpaired) electrons. The van der Waals surface area contributed by atoms with Gasteiger partial charge in [-0.2, -0.15) is 13.2 Å². The molecular weight excluding hydrogens is 455 g/mol. The number of ether oxygens (including phenoxy) is 1. The Labute approximate surface area is 186 Å². The first-order valence-corrected chi connectivity index (χ1v) is 10.0. The van der Waals surface area contributed by atoms with Crippen LogP contribution >= 0.6 is 0 Å². The molecule has 1 heterocycles. The van der Waals surface area contributed by atoms with Gasteiger partial charge in [0.2, 0.25) is 5.91 Å². The summed E-state index contributed by atoms with van der Waals surface area (Å²) in [6, 6.07) is 0.890. The number of nitrogens with zero attached hydrogens (tertiary/aromatic N) is 2. The third-order valence-electron chi connectivity index (χ3n) is 4.72. The van der Waals surface area contributed by atoms with Crippen LogP contribution in [0.25, 0.3) is 0 Å². The second kappa shape index (κ2) is 10.9. The summed E-state index contributed by atoms with van der Waals surface area (Å²) in [5.74, 6) is -3.33. The summed E-state index contributed by atoms with van der Waals surface area (Å²) in [5.41, 5.74) is 3.20. The number of amides is 3. The molecule has 0 aromatic heterocycles. The molecule has 0 spiro atoms. The van der Waals surface area contributed by atoms with Crippen LogP contribution in [0.5, 0.6) is 0 Å². The molecule has 1 aliphatic rings. The van der Waals surface area contributed by atoms with Crippen molar-refractivity contribution in [3.63, 3.8) is 0 Å². The van der Waals surface area contributed by atoms with E-state index in [9.17, 15) is 36.3 Å². The summed E-state index contributed by atoms with van der Waals surface area (Å²) in [5, 5.41) is 1.99. The Balaban J connectivity index is 2.38. The lowest BCUT2D eigenvalue weighted by Gasteiger charge is -2.30. The van der Waals surface area contributed by atoms with Crippen molar-refractivity contribution in [2.24, 2.45) is 11.7 Å². The second-order valence-electron chi connectivity index (χ2n) is 7.86. The molecule has 184 valence electrons. The first kappa shape index (κ1) is 26.5. The van der Waals surface area contributed by atoms with Gasteiger partial charge in [0.1, 0.15) is 6.61 Å². The number of carbonyl (C=O) groups excluding carboxylic acids is 3. The van der Waals surface area contributed by atoms with Gasteiger partial charge in [0, 0.05) is 18.8 Å². The van der Waals surface area contributed by atoms with Gasteiger partial charge in [-0.1, -0.05) is 13.8 Å². The number of morpholine rings is 1. The van der Waals surface area contributed by atoms with Crippen molar-refractivity contribution in [3.05, 3.63) is 23.8 Å². The van der Waals surface area contributed by atoms with E-state index in [2.05, 4.69) is 0 Å². The smallest absolute Gasteiger partial charge is 0.370 e. The number of benzene rings is 1. The van der Waals surface area contributed by atoms with Gasteiger partial charge in [-0.25, -0.2) is 8.78 Å². The second-order valence-corrected chi connectivity index (χ2v) is 7.86. The molecule has 0 unspecified atom stereocenters. The number of primary amides is 1. The summed E-state index contributed by atoms with van der Waals surface area (Å²) in [6.07, 6.45) is -7.84. The summed E-state index contributed by atoms with van der Waals surface area (Å²) in [4.78, 5) is 38.6. The summed E-state index contributed by atoms with van der Waals surface area (Å²) in [7, 11) is 0. The topological polar surface area (TPSA) is 105 Å². The maximum absolute atomic E-state index is 13.7. The van der Waals surface area contributed by atoms with E-state index in [4.69, 9.17) is 10.5 Å². The number of rotatable bonds is 9. The van der Waals surface area contributed by atoms with Crippen molar-refractivity contribution in [1.82, 2.24) is 4.90 Å². The van der Waals surface area contributed by atoms with Crippen molar-refractivity contribution < 1.29 is 41.1 Å². The average molecular weight is 480 g/mol. The Morgan fingerprint density at radius 1 is 1.24 bits per heavy atom. The Hall–Kier alpha value is -2.80. The maximum Gasteiger partial charge on any atom is 0.418 e. The van der Waals surface area contributed by atoms with Crippen molar-refractivity contribution in [3.8, 4) is 0 Å². The number of hydrogen-bond acceptors (Lipinski definition) is 5. The minimum atomic E-state index is -4.93. The Morgan fingerprint density at radius 3 is 2.42 bits per heavy atom. The molecule has 0 aliphatic carbocycles. The van der Waals surface area contributed by atoms with Crippen molar-refractivity contribution in [2.75, 3.05) is 43.1 Å². The van der Waals surface area contributed by atoms with Crippen LogP contribution in [0.1, 0.15) is 19.4 Å². The molecule has 33 heavy (non-hydrogen) atoms. The molecule has 0 saturated carbocycles. The molecule has 3 N–H and O–H groups in total. The zero-order valence-electron chi connectivity index (χ0n) is 18.0. The lowest BCUT2D eigenvalue weighted by atomic mass is 10.1. The summed E-state index contributed by atoms with van der Waals surface area (Å²) >= 11 is 0. The Morgan fingerprint density at radius 2 is 1.91 bits per heavy atom. The van der Waals surface area contributed by atoms with Crippen LogP contribution in [0.4, 0.5) is 33.3 Å². The Kier molecular flexibility index (Phi) is 8.72. The lowest BCUT2D eigenvalue weighted by Crippen LogP contribution is -2.54. The molecule has 1 saturated heterocycles. The molecule has 1 aromatic rings. The van der Waals surface area contributed by atoms with Crippen LogP contribution in [0.15, 0.2) is 18.2 Å². The summed E-state index contributed by atoms with van der Waals surface area (Å²) in [6.45, 7) is 2.13. The van der Waals surface area contributed by atoms with E-state index in [0.717, 1.165) is 15.9 Å². The molecule has 1 atom stereocenters. The monoisotopic (exact) mass is 480 g/mol. The largest absolute Gasteiger partial charge is 0.418 e. The van der Waals surface area contributed by atoms with Gasteiger partial charge in [-0.15, -0.1) is 0 Å². The number of nitrogens with one attached hydrogen (secondary N) is 1. The number of hydrogen-bond donors (Lipinski definition) is 2. The van der Waals surface area contributed by atoms with Gasteiger partial charge in [-0.05, 0) is 24.1 Å². The van der Waals surface area contributed by atoms with E-state index in [1.807, 2.05) is 5.32 Å². The predicted octanol–water partition coefficient (Wildman–Crippen LogP) is 2.08. The fourth-order valence-electron chi connectivity index (χ4n) is 3.44. The number of nitrogens with two attached hydrogens (primary N) is 1. The van der Waals surface area contributed by atoms with E-state index < -0.39 is 54.2 Å². The molecule has 1 aromatic carbocycles. The van der Waals surface area contributed by atoms with Crippen LogP contribution in [0.2, 0.25) is 0 Å². The number of carbonyl (C=O) groups is 3. The molecule has 0 bridgehead atoms. The van der Waals surface area contributed by atoms with Crippen molar-refractivity contribution in [1.29, 1.82) is 0 Å². The molecular formula is C20H25F5N4O4. The lowest BCUT2D eigenvalue weighted by molar-refractivity contribution is -0.137. The Bertz CT molecular complexity index is 869. The van der Waals surface area contributed by atoms with Gasteiger partial charge < -0.3 is 20.7 Å². The molecule has 3 amide bonds. The third-order valence-corrected chi connectivity index (χ3v) is 4.72. The molecule has 1 aliphatic heterocycles. The van der Waals surface area contributed by atoms with Crippen LogP contribution in [0.3, 0.4) is 0 Å². The number of alkyl halides is 5.